The van der Waals surface area contributed by atoms with E-state index in [9.17, 15) is 0 Å². The highest BCUT2D eigenvalue weighted by Crippen LogP contribution is 2.06. The van der Waals surface area contributed by atoms with Crippen LogP contribution >= 0.6 is 0 Å². The third-order valence-electron chi connectivity index (χ3n) is 2.81. The molecule has 0 saturated carbocycles. The first-order chi connectivity index (χ1) is 8.19. The second-order valence-corrected chi connectivity index (χ2v) is 6.83. The average molecular weight is 256 g/mol. The molecular formula is C12H22NO3Si+. The highest BCUT2D eigenvalue weighted by molar-refractivity contribution is 6.58. The quantitative estimate of drug-likeness (QED) is 0.545. The molecule has 0 aromatic carbocycles. The van der Waals surface area contributed by atoms with Gasteiger partial charge in [-0.05, 0) is 12.0 Å². The molecule has 0 saturated heterocycles. The number of aryl methyl sites for hydroxylation is 1. The van der Waals surface area contributed by atoms with Gasteiger partial charge in [0.25, 0.3) is 0 Å². The maximum atomic E-state index is 5.39. The Balaban J connectivity index is 2.73. The predicted octanol–water partition coefficient (Wildman–Crippen LogP) is 1.34. The van der Waals surface area contributed by atoms with E-state index in [0.29, 0.717) is 6.17 Å². The van der Waals surface area contributed by atoms with Crippen molar-refractivity contribution < 1.29 is 17.8 Å². The Morgan fingerprint density at radius 2 is 1.59 bits per heavy atom. The van der Waals surface area contributed by atoms with Gasteiger partial charge in [-0.3, -0.25) is 0 Å². The Labute approximate surface area is 105 Å². The molecule has 1 rings (SSSR count). The summed E-state index contributed by atoms with van der Waals surface area (Å²) in [6, 6.07) is 4.26. The van der Waals surface area contributed by atoms with Crippen LogP contribution in [0.1, 0.15) is 18.9 Å². The van der Waals surface area contributed by atoms with Crippen molar-refractivity contribution in [1.82, 2.24) is 0 Å². The zero-order valence-corrected chi connectivity index (χ0v) is 12.1. The topological polar surface area (TPSA) is 31.6 Å². The van der Waals surface area contributed by atoms with Crippen LogP contribution in [0.25, 0.3) is 0 Å². The Bertz CT molecular complexity index is 317. The molecule has 96 valence electrons. The molecule has 1 aromatic heterocycles. The van der Waals surface area contributed by atoms with Gasteiger partial charge in [0, 0.05) is 33.5 Å². The van der Waals surface area contributed by atoms with Crippen LogP contribution in [0.3, 0.4) is 0 Å². The van der Waals surface area contributed by atoms with Crippen molar-refractivity contribution in [2.24, 2.45) is 0 Å². The molecule has 0 aliphatic carbocycles. The maximum Gasteiger partial charge on any atom is 0.569 e. The molecule has 1 heterocycles. The molecule has 0 aliphatic rings. The van der Waals surface area contributed by atoms with Crippen LogP contribution in [0.2, 0.25) is 0 Å². The molecule has 0 aliphatic heterocycles. The van der Waals surface area contributed by atoms with E-state index in [0.717, 1.165) is 12.8 Å². The van der Waals surface area contributed by atoms with E-state index in [1.807, 2.05) is 17.0 Å². The molecule has 0 fully saturated rings. The maximum absolute atomic E-state index is 5.39. The van der Waals surface area contributed by atoms with E-state index in [2.05, 4.69) is 19.1 Å². The first-order valence-electron chi connectivity index (χ1n) is 5.83. The van der Waals surface area contributed by atoms with Crippen molar-refractivity contribution in [3.63, 3.8) is 0 Å². The van der Waals surface area contributed by atoms with Crippen LogP contribution in [0.15, 0.2) is 24.5 Å². The Morgan fingerprint density at radius 1 is 1.06 bits per heavy atom. The molecule has 0 unspecified atom stereocenters. The van der Waals surface area contributed by atoms with Crippen molar-refractivity contribution in [2.45, 2.75) is 25.9 Å². The minimum atomic E-state index is -2.53. The van der Waals surface area contributed by atoms with Crippen molar-refractivity contribution >= 4 is 8.80 Å². The third kappa shape index (κ3) is 3.88. The first-order valence-corrected chi connectivity index (χ1v) is 7.76. The van der Waals surface area contributed by atoms with Gasteiger partial charge in [0.05, 0.1) is 0 Å². The lowest BCUT2D eigenvalue weighted by Gasteiger charge is -2.20. The van der Waals surface area contributed by atoms with E-state index in [1.165, 1.54) is 5.56 Å². The van der Waals surface area contributed by atoms with Gasteiger partial charge in [-0.15, -0.1) is 0 Å². The van der Waals surface area contributed by atoms with Gasteiger partial charge in [-0.2, -0.15) is 0 Å². The molecule has 0 bridgehead atoms. The van der Waals surface area contributed by atoms with Crippen LogP contribution in [-0.4, -0.2) is 30.1 Å². The van der Waals surface area contributed by atoms with Crippen molar-refractivity contribution in [1.29, 1.82) is 0 Å². The standard InChI is InChI=1S/C12H22NO3Si/c1-5-6-12-7-9-13(10-8-12)11-17(14-2,15-3)16-4/h7-10H,5-6,11H2,1-4H3/q+1. The average Bonchev–Trinajstić information content (AvgIpc) is 2.39. The third-order valence-corrected chi connectivity index (χ3v) is 5.43. The van der Waals surface area contributed by atoms with Gasteiger partial charge in [0.15, 0.2) is 12.4 Å². The summed E-state index contributed by atoms with van der Waals surface area (Å²) in [5.41, 5.74) is 1.35. The van der Waals surface area contributed by atoms with E-state index in [1.54, 1.807) is 21.3 Å². The second kappa shape index (κ2) is 6.86. The van der Waals surface area contributed by atoms with E-state index in [4.69, 9.17) is 13.3 Å². The molecule has 0 radical (unpaired) electrons. The number of nitrogens with zero attached hydrogens (tertiary/aromatic N) is 1. The minimum Gasteiger partial charge on any atom is -0.373 e. The summed E-state index contributed by atoms with van der Waals surface area (Å²) in [5, 5.41) is 0. The number of aromatic nitrogens is 1. The van der Waals surface area contributed by atoms with Gasteiger partial charge in [0.2, 0.25) is 6.17 Å². The number of hydrogen-bond acceptors (Lipinski definition) is 3. The summed E-state index contributed by atoms with van der Waals surface area (Å²) in [6.07, 6.45) is 7.00. The second-order valence-electron chi connectivity index (χ2n) is 3.92. The molecule has 1 aromatic rings. The van der Waals surface area contributed by atoms with Crippen molar-refractivity contribution in [3.05, 3.63) is 30.1 Å². The van der Waals surface area contributed by atoms with Gasteiger partial charge in [-0.25, -0.2) is 4.57 Å². The van der Waals surface area contributed by atoms with Gasteiger partial charge in [0.1, 0.15) is 0 Å². The zero-order chi connectivity index (χ0) is 12.7. The first kappa shape index (κ1) is 14.3. The number of rotatable bonds is 7. The van der Waals surface area contributed by atoms with Crippen LogP contribution in [0.4, 0.5) is 0 Å². The molecule has 0 N–H and O–H groups in total. The molecule has 0 atom stereocenters. The Kier molecular flexibility index (Phi) is 5.77. The molecule has 0 amide bonds. The lowest BCUT2D eigenvalue weighted by Crippen LogP contribution is -2.56. The molecular weight excluding hydrogens is 234 g/mol. The molecule has 17 heavy (non-hydrogen) atoms. The SMILES string of the molecule is CCCc1cc[n+](C[Si](OC)(OC)OC)cc1. The fourth-order valence-corrected chi connectivity index (χ4v) is 3.26. The van der Waals surface area contributed by atoms with Crippen LogP contribution in [-0.2, 0) is 25.9 Å². The molecule has 4 nitrogen and oxygen atoms in total. The smallest absolute Gasteiger partial charge is 0.373 e. The van der Waals surface area contributed by atoms with E-state index in [-0.39, 0.29) is 0 Å². The summed E-state index contributed by atoms with van der Waals surface area (Å²) >= 11 is 0. The van der Waals surface area contributed by atoms with Gasteiger partial charge >= 0.3 is 8.80 Å². The van der Waals surface area contributed by atoms with Crippen molar-refractivity contribution in [2.75, 3.05) is 21.3 Å². The van der Waals surface area contributed by atoms with Gasteiger partial charge < -0.3 is 13.3 Å². The van der Waals surface area contributed by atoms with Crippen LogP contribution < -0.4 is 4.57 Å². The van der Waals surface area contributed by atoms with E-state index < -0.39 is 8.80 Å². The summed E-state index contributed by atoms with van der Waals surface area (Å²) in [4.78, 5) is 0. The fraction of sp³-hybridized carbons (Fsp3) is 0.583. The Hall–Kier alpha value is -0.753. The normalized spacial score (nSPS) is 11.8. The zero-order valence-electron chi connectivity index (χ0n) is 11.1. The van der Waals surface area contributed by atoms with Crippen LogP contribution in [0.5, 0.6) is 0 Å². The number of hydrogen-bond donors (Lipinski definition) is 0. The summed E-state index contributed by atoms with van der Waals surface area (Å²) in [5.74, 6) is 0. The monoisotopic (exact) mass is 256 g/mol. The highest BCUT2D eigenvalue weighted by atomic mass is 28.4. The summed E-state index contributed by atoms with van der Waals surface area (Å²) in [7, 11) is 2.36. The summed E-state index contributed by atoms with van der Waals surface area (Å²) < 4.78 is 18.2. The highest BCUT2D eigenvalue weighted by Gasteiger charge is 2.43. The lowest BCUT2D eigenvalue weighted by atomic mass is 10.2. The fourth-order valence-electron chi connectivity index (χ4n) is 1.72. The van der Waals surface area contributed by atoms with Crippen LogP contribution in [0, 0.1) is 0 Å². The molecule has 0 spiro atoms. The minimum absolute atomic E-state index is 0.628. The lowest BCUT2D eigenvalue weighted by molar-refractivity contribution is -0.685. The Morgan fingerprint density at radius 3 is 2.00 bits per heavy atom. The van der Waals surface area contributed by atoms with Crippen molar-refractivity contribution in [3.8, 4) is 0 Å². The predicted molar refractivity (Wildman–Crippen MR) is 67.4 cm³/mol. The number of pyridine rings is 1. The largest absolute Gasteiger partial charge is 0.569 e. The summed E-state index contributed by atoms with van der Waals surface area (Å²) in [6.45, 7) is 2.18. The molecule has 5 heteroatoms. The van der Waals surface area contributed by atoms with Gasteiger partial charge in [-0.1, -0.05) is 13.3 Å². The van der Waals surface area contributed by atoms with E-state index >= 15 is 0 Å².